The Kier molecular flexibility index (Phi) is 3.65. The van der Waals surface area contributed by atoms with Crippen molar-refractivity contribution in [2.24, 2.45) is 5.41 Å². The van der Waals surface area contributed by atoms with Crippen LogP contribution in [0.2, 0.25) is 0 Å². The van der Waals surface area contributed by atoms with Gasteiger partial charge in [0.05, 0.1) is 6.10 Å². The van der Waals surface area contributed by atoms with Crippen LogP contribution in [0.3, 0.4) is 0 Å². The smallest absolute Gasteiger partial charge is 0.0700 e. The lowest BCUT2D eigenvalue weighted by Gasteiger charge is -2.29. The fraction of sp³-hybridized carbons (Fsp3) is 1.00. The number of rotatable bonds is 4. The maximum Gasteiger partial charge on any atom is 0.0700 e. The molecule has 1 saturated carbocycles. The minimum Gasteiger partial charge on any atom is -0.396 e. The minimum absolute atomic E-state index is 0.169. The third-order valence-corrected chi connectivity index (χ3v) is 4.12. The van der Waals surface area contributed by atoms with Crippen molar-refractivity contribution in [1.29, 1.82) is 0 Å². The Balaban J connectivity index is 1.80. The third-order valence-electron chi connectivity index (χ3n) is 4.12. The molecule has 0 radical (unpaired) electrons. The van der Waals surface area contributed by atoms with Crippen molar-refractivity contribution < 1.29 is 9.84 Å². The lowest BCUT2D eigenvalue weighted by Crippen LogP contribution is -2.43. The van der Waals surface area contributed by atoms with E-state index in [1.54, 1.807) is 0 Å². The molecule has 0 spiro atoms. The molecule has 3 heteroatoms. The molecule has 0 aromatic carbocycles. The molecule has 2 rings (SSSR count). The van der Waals surface area contributed by atoms with E-state index in [0.29, 0.717) is 18.8 Å². The maximum absolute atomic E-state index is 9.49. The molecule has 0 amide bonds. The normalized spacial score (nSPS) is 34.8. The van der Waals surface area contributed by atoms with Crippen molar-refractivity contribution in [1.82, 2.24) is 5.32 Å². The highest BCUT2D eigenvalue weighted by Gasteiger charge is 2.34. The fourth-order valence-corrected chi connectivity index (χ4v) is 2.86. The van der Waals surface area contributed by atoms with Crippen LogP contribution in [0.25, 0.3) is 0 Å². The molecule has 3 nitrogen and oxygen atoms in total. The van der Waals surface area contributed by atoms with Crippen LogP contribution in [-0.4, -0.2) is 37.0 Å². The van der Waals surface area contributed by atoms with E-state index in [1.165, 1.54) is 25.7 Å². The molecule has 0 bridgehead atoms. The number of aliphatic hydroxyl groups excluding tert-OH is 1. The summed E-state index contributed by atoms with van der Waals surface area (Å²) < 4.78 is 5.52. The predicted octanol–water partition coefficient (Wildman–Crippen LogP) is 1.31. The van der Waals surface area contributed by atoms with E-state index in [4.69, 9.17) is 4.74 Å². The molecular formula is C12H23NO2. The van der Waals surface area contributed by atoms with Crippen molar-refractivity contribution >= 4 is 0 Å². The zero-order chi connectivity index (χ0) is 10.7. The number of hydrogen-bond donors (Lipinski definition) is 2. The van der Waals surface area contributed by atoms with Gasteiger partial charge in [0.15, 0.2) is 0 Å². The summed E-state index contributed by atoms with van der Waals surface area (Å²) in [6.45, 7) is 4.31. The van der Waals surface area contributed by atoms with Crippen LogP contribution in [0, 0.1) is 5.41 Å². The quantitative estimate of drug-likeness (QED) is 0.740. The van der Waals surface area contributed by atoms with Gasteiger partial charge in [0.25, 0.3) is 0 Å². The Morgan fingerprint density at radius 1 is 1.40 bits per heavy atom. The van der Waals surface area contributed by atoms with E-state index < -0.39 is 0 Å². The molecule has 0 aromatic rings. The number of nitrogens with one attached hydrogen (secondary N) is 1. The first-order valence-electron chi connectivity index (χ1n) is 6.22. The Morgan fingerprint density at radius 2 is 2.13 bits per heavy atom. The van der Waals surface area contributed by atoms with E-state index in [1.807, 2.05) is 0 Å². The van der Waals surface area contributed by atoms with E-state index in [2.05, 4.69) is 12.2 Å². The maximum atomic E-state index is 9.49. The van der Waals surface area contributed by atoms with Gasteiger partial charge in [0, 0.05) is 31.2 Å². The van der Waals surface area contributed by atoms with Gasteiger partial charge in [-0.1, -0.05) is 12.8 Å². The van der Waals surface area contributed by atoms with Crippen molar-refractivity contribution in [2.75, 3.05) is 19.8 Å². The lowest BCUT2D eigenvalue weighted by molar-refractivity contribution is 0.0976. The first-order valence-corrected chi connectivity index (χ1v) is 6.22. The molecule has 1 heterocycles. The molecule has 15 heavy (non-hydrogen) atoms. The summed E-state index contributed by atoms with van der Waals surface area (Å²) in [6.07, 6.45) is 6.36. The van der Waals surface area contributed by atoms with E-state index >= 15 is 0 Å². The fourth-order valence-electron chi connectivity index (χ4n) is 2.86. The molecule has 2 fully saturated rings. The van der Waals surface area contributed by atoms with Crippen molar-refractivity contribution in [3.05, 3.63) is 0 Å². The number of hydrogen-bond acceptors (Lipinski definition) is 3. The standard InChI is InChI=1S/C12H23NO2/c1-10-11(4-7-15-10)13-8-12(9-14)5-2-3-6-12/h10-11,13-14H,2-9H2,1H3. The van der Waals surface area contributed by atoms with Crippen LogP contribution >= 0.6 is 0 Å². The number of ether oxygens (including phenoxy) is 1. The summed E-state index contributed by atoms with van der Waals surface area (Å²) >= 11 is 0. The van der Waals surface area contributed by atoms with E-state index in [-0.39, 0.29) is 5.41 Å². The first kappa shape index (κ1) is 11.4. The zero-order valence-corrected chi connectivity index (χ0v) is 9.67. The minimum atomic E-state index is 0.169. The SMILES string of the molecule is CC1OCCC1NCC1(CO)CCCC1. The average molecular weight is 213 g/mol. The van der Waals surface area contributed by atoms with Crippen LogP contribution in [-0.2, 0) is 4.74 Å². The Hall–Kier alpha value is -0.120. The molecule has 1 saturated heterocycles. The molecule has 2 unspecified atom stereocenters. The predicted molar refractivity (Wildman–Crippen MR) is 59.8 cm³/mol. The molecule has 88 valence electrons. The van der Waals surface area contributed by atoms with Crippen molar-refractivity contribution in [3.8, 4) is 0 Å². The lowest BCUT2D eigenvalue weighted by atomic mass is 9.87. The van der Waals surface area contributed by atoms with Crippen LogP contribution in [0.4, 0.5) is 0 Å². The van der Waals surface area contributed by atoms with E-state index in [0.717, 1.165) is 19.6 Å². The van der Waals surface area contributed by atoms with Crippen LogP contribution in [0.5, 0.6) is 0 Å². The van der Waals surface area contributed by atoms with Gasteiger partial charge in [-0.15, -0.1) is 0 Å². The largest absolute Gasteiger partial charge is 0.396 e. The Bertz CT molecular complexity index is 202. The second-order valence-electron chi connectivity index (χ2n) is 5.22. The highest BCUT2D eigenvalue weighted by Crippen LogP contribution is 2.37. The van der Waals surface area contributed by atoms with Gasteiger partial charge in [-0.3, -0.25) is 0 Å². The molecule has 1 aliphatic heterocycles. The molecule has 2 atom stereocenters. The first-order chi connectivity index (χ1) is 7.26. The van der Waals surface area contributed by atoms with Crippen molar-refractivity contribution in [3.63, 3.8) is 0 Å². The molecule has 2 N–H and O–H groups in total. The van der Waals surface area contributed by atoms with Gasteiger partial charge in [-0.25, -0.2) is 0 Å². The summed E-state index contributed by atoms with van der Waals surface area (Å²) in [6, 6.07) is 0.494. The molecule has 1 aliphatic carbocycles. The van der Waals surface area contributed by atoms with Crippen molar-refractivity contribution in [2.45, 2.75) is 51.2 Å². The number of aliphatic hydroxyl groups is 1. The summed E-state index contributed by atoms with van der Waals surface area (Å²) in [5.74, 6) is 0. The molecule has 0 aromatic heterocycles. The summed E-state index contributed by atoms with van der Waals surface area (Å²) in [5.41, 5.74) is 0.169. The second kappa shape index (κ2) is 4.81. The van der Waals surface area contributed by atoms with Gasteiger partial charge < -0.3 is 15.2 Å². The van der Waals surface area contributed by atoms with E-state index in [9.17, 15) is 5.11 Å². The Morgan fingerprint density at radius 3 is 2.67 bits per heavy atom. The summed E-state index contributed by atoms with van der Waals surface area (Å²) in [5, 5.41) is 13.1. The van der Waals surface area contributed by atoms with Gasteiger partial charge in [-0.05, 0) is 26.2 Å². The molecule has 2 aliphatic rings. The topological polar surface area (TPSA) is 41.5 Å². The van der Waals surface area contributed by atoms with Gasteiger partial charge in [-0.2, -0.15) is 0 Å². The molecular weight excluding hydrogens is 190 g/mol. The van der Waals surface area contributed by atoms with Crippen LogP contribution < -0.4 is 5.32 Å². The monoisotopic (exact) mass is 213 g/mol. The van der Waals surface area contributed by atoms with Crippen LogP contribution in [0.15, 0.2) is 0 Å². The Labute approximate surface area is 92.2 Å². The van der Waals surface area contributed by atoms with Gasteiger partial charge in [0.1, 0.15) is 0 Å². The highest BCUT2D eigenvalue weighted by molar-refractivity contribution is 4.89. The van der Waals surface area contributed by atoms with Gasteiger partial charge >= 0.3 is 0 Å². The zero-order valence-electron chi connectivity index (χ0n) is 9.67. The van der Waals surface area contributed by atoms with Gasteiger partial charge in [0.2, 0.25) is 0 Å². The summed E-state index contributed by atoms with van der Waals surface area (Å²) in [7, 11) is 0. The van der Waals surface area contributed by atoms with Crippen LogP contribution in [0.1, 0.15) is 39.0 Å². The third kappa shape index (κ3) is 2.52. The second-order valence-corrected chi connectivity index (χ2v) is 5.22. The highest BCUT2D eigenvalue weighted by atomic mass is 16.5. The summed E-state index contributed by atoms with van der Waals surface area (Å²) in [4.78, 5) is 0. The average Bonchev–Trinajstić information content (AvgIpc) is 2.85.